The molecule has 0 saturated carbocycles. The lowest BCUT2D eigenvalue weighted by atomic mass is 9.83. The number of nitrogens with zero attached hydrogens (tertiary/aromatic N) is 4. The number of aliphatic imine (C=N–C) groups is 1. The van der Waals surface area contributed by atoms with E-state index in [9.17, 15) is 19.1 Å². The van der Waals surface area contributed by atoms with Gasteiger partial charge in [-0.2, -0.15) is 0 Å². The number of halogens is 2. The van der Waals surface area contributed by atoms with E-state index in [0.717, 1.165) is 23.8 Å². The number of aliphatic hydroxyl groups is 1. The van der Waals surface area contributed by atoms with Crippen LogP contribution >= 0.6 is 0 Å². The van der Waals surface area contributed by atoms with Crippen molar-refractivity contribution in [2.75, 3.05) is 13.2 Å². The van der Waals surface area contributed by atoms with Crippen LogP contribution in [-0.2, 0) is 16.1 Å². The molecule has 1 heterocycles. The van der Waals surface area contributed by atoms with Gasteiger partial charge in [0.25, 0.3) is 5.91 Å². The molecule has 1 aliphatic rings. The van der Waals surface area contributed by atoms with E-state index in [0.29, 0.717) is 29.9 Å². The summed E-state index contributed by atoms with van der Waals surface area (Å²) in [5.41, 5.74) is 10.1. The third kappa shape index (κ3) is 7.58. The number of hydrogen-bond acceptors (Lipinski definition) is 6. The number of ether oxygens (including phenoxy) is 2. The van der Waals surface area contributed by atoms with Gasteiger partial charge in [-0.3, -0.25) is 4.79 Å². The van der Waals surface area contributed by atoms with Gasteiger partial charge in [0.05, 0.1) is 6.61 Å². The highest BCUT2D eigenvalue weighted by Crippen LogP contribution is 2.45. The van der Waals surface area contributed by atoms with Crippen LogP contribution in [0.5, 0.6) is 5.75 Å². The zero-order chi connectivity index (χ0) is 32.4. The molecule has 0 radical (unpaired) electrons. The zero-order valence-electron chi connectivity index (χ0n) is 24.7. The maximum atomic E-state index is 14.3. The van der Waals surface area contributed by atoms with Gasteiger partial charge in [0, 0.05) is 53.8 Å². The summed E-state index contributed by atoms with van der Waals surface area (Å²) in [4.78, 5) is 22.2. The highest BCUT2D eigenvalue weighted by Gasteiger charge is 2.53. The van der Waals surface area contributed by atoms with Crippen LogP contribution in [0.2, 0.25) is 0 Å². The maximum absolute atomic E-state index is 14.3. The predicted molar refractivity (Wildman–Crippen MR) is 170 cm³/mol. The predicted octanol–water partition coefficient (Wildman–Crippen LogP) is 7.34. The molecule has 0 bridgehead atoms. The fourth-order valence-electron chi connectivity index (χ4n) is 5.13. The molecule has 0 saturated heterocycles. The van der Waals surface area contributed by atoms with Crippen molar-refractivity contribution < 1.29 is 28.2 Å². The van der Waals surface area contributed by atoms with Gasteiger partial charge in [-0.1, -0.05) is 71.9 Å². The molecule has 0 aliphatic carbocycles. The lowest BCUT2D eigenvalue weighted by Gasteiger charge is -2.30. The van der Waals surface area contributed by atoms with Gasteiger partial charge in [-0.25, -0.2) is 13.8 Å². The lowest BCUT2D eigenvalue weighted by Crippen LogP contribution is -2.47. The molecule has 0 aromatic heterocycles. The number of benzene rings is 4. The minimum Gasteiger partial charge on any atom is -0.494 e. The van der Waals surface area contributed by atoms with Crippen LogP contribution in [0, 0.1) is 11.6 Å². The number of aliphatic hydroxyl groups excluding tert-OH is 1. The number of hydrogen-bond donors (Lipinski definition) is 2. The van der Waals surface area contributed by atoms with E-state index >= 15 is 0 Å². The Morgan fingerprint density at radius 1 is 1.04 bits per heavy atom. The molecule has 11 heteroatoms. The van der Waals surface area contributed by atoms with E-state index in [1.165, 1.54) is 0 Å². The number of carbonyl (C=O) groups is 1. The fourth-order valence-corrected chi connectivity index (χ4v) is 5.13. The van der Waals surface area contributed by atoms with Crippen LogP contribution in [0.1, 0.15) is 41.2 Å². The molecule has 2 atom stereocenters. The first-order valence-corrected chi connectivity index (χ1v) is 14.6. The Morgan fingerprint density at radius 3 is 2.48 bits per heavy atom. The standard InChI is InChI=1S/C35H31F2N5O4/c36-27-20-25(21-28(37)22-27)23-39-34(44)35(17-6-10-24-8-2-1-3-9-24)32(30-11-4-5-12-31(30)41-42-38)46-33(40-35)26-13-15-29(16-14-26)45-19-7-18-43/h1-6,8-16,20-22,32,43H,7,17-19,23H2,(H,39,44)/b10-6+/t32-,35-/m1/s1. The third-order valence-corrected chi connectivity index (χ3v) is 7.32. The molecule has 1 aliphatic heterocycles. The van der Waals surface area contributed by atoms with Crippen LogP contribution in [0.25, 0.3) is 16.5 Å². The molecule has 4 aromatic rings. The number of nitrogens with one attached hydrogen (secondary N) is 1. The van der Waals surface area contributed by atoms with Gasteiger partial charge < -0.3 is 19.9 Å². The molecule has 9 nitrogen and oxygen atoms in total. The van der Waals surface area contributed by atoms with Gasteiger partial charge in [0.2, 0.25) is 5.90 Å². The second kappa shape index (κ2) is 15.0. The van der Waals surface area contributed by atoms with Gasteiger partial charge >= 0.3 is 0 Å². The van der Waals surface area contributed by atoms with Crippen molar-refractivity contribution in [3.63, 3.8) is 0 Å². The van der Waals surface area contributed by atoms with E-state index in [2.05, 4.69) is 15.3 Å². The SMILES string of the molecule is [N-]=[N+]=Nc1ccccc1[C@H]1OC(c2ccc(OCCCO)cc2)=N[C@@]1(C/C=C/c1ccccc1)C(=O)NCc1cc(F)cc(F)c1. The minimum atomic E-state index is -1.62. The summed E-state index contributed by atoms with van der Waals surface area (Å²) in [6.45, 7) is 0.184. The molecular formula is C35H31F2N5O4. The van der Waals surface area contributed by atoms with Crippen molar-refractivity contribution in [3.05, 3.63) is 147 Å². The third-order valence-electron chi connectivity index (χ3n) is 7.32. The van der Waals surface area contributed by atoms with Crippen molar-refractivity contribution in [1.82, 2.24) is 5.32 Å². The van der Waals surface area contributed by atoms with Crippen LogP contribution in [0.3, 0.4) is 0 Å². The Balaban J connectivity index is 1.57. The molecule has 5 rings (SSSR count). The van der Waals surface area contributed by atoms with Crippen LogP contribution in [0.15, 0.2) is 113 Å². The van der Waals surface area contributed by atoms with Crippen LogP contribution in [-0.4, -0.2) is 35.7 Å². The summed E-state index contributed by atoms with van der Waals surface area (Å²) in [6, 6.07) is 26.3. The molecule has 0 fully saturated rings. The van der Waals surface area contributed by atoms with Crippen LogP contribution < -0.4 is 10.1 Å². The van der Waals surface area contributed by atoms with E-state index in [4.69, 9.17) is 19.6 Å². The van der Waals surface area contributed by atoms with Crippen molar-refractivity contribution in [3.8, 4) is 5.75 Å². The summed E-state index contributed by atoms with van der Waals surface area (Å²) in [7, 11) is 0. The summed E-state index contributed by atoms with van der Waals surface area (Å²) in [5, 5.41) is 15.7. The van der Waals surface area contributed by atoms with Gasteiger partial charge in [0.15, 0.2) is 11.6 Å². The van der Waals surface area contributed by atoms with E-state index in [-0.39, 0.29) is 36.7 Å². The normalized spacial score (nSPS) is 17.2. The zero-order valence-corrected chi connectivity index (χ0v) is 24.7. The number of carbonyl (C=O) groups excluding carboxylic acids is 1. The number of azide groups is 1. The summed E-state index contributed by atoms with van der Waals surface area (Å²) in [5.74, 6) is -1.34. The quantitative estimate of drug-likeness (QED) is 0.0698. The Hall–Kier alpha value is -5.51. The monoisotopic (exact) mass is 623 g/mol. The highest BCUT2D eigenvalue weighted by atomic mass is 19.1. The molecule has 46 heavy (non-hydrogen) atoms. The van der Waals surface area contributed by atoms with Gasteiger partial charge in [0.1, 0.15) is 17.4 Å². The highest BCUT2D eigenvalue weighted by molar-refractivity contribution is 6.01. The Kier molecular flexibility index (Phi) is 10.4. The van der Waals surface area contributed by atoms with Crippen LogP contribution in [0.4, 0.5) is 14.5 Å². The molecule has 2 N–H and O–H groups in total. The summed E-state index contributed by atoms with van der Waals surface area (Å²) in [6.07, 6.45) is 3.18. The number of rotatable bonds is 13. The Bertz CT molecular complexity index is 1760. The summed E-state index contributed by atoms with van der Waals surface area (Å²) < 4.78 is 40.0. The van der Waals surface area contributed by atoms with Gasteiger partial charge in [-0.05, 0) is 53.1 Å². The van der Waals surface area contributed by atoms with Crippen molar-refractivity contribution in [2.24, 2.45) is 10.1 Å². The second-order valence-electron chi connectivity index (χ2n) is 10.5. The Morgan fingerprint density at radius 2 is 1.76 bits per heavy atom. The maximum Gasteiger partial charge on any atom is 0.252 e. The van der Waals surface area contributed by atoms with E-state index < -0.39 is 29.2 Å². The average molecular weight is 624 g/mol. The molecule has 0 unspecified atom stereocenters. The smallest absolute Gasteiger partial charge is 0.252 e. The lowest BCUT2D eigenvalue weighted by molar-refractivity contribution is -0.129. The first-order chi connectivity index (χ1) is 22.4. The molecule has 4 aromatic carbocycles. The second-order valence-corrected chi connectivity index (χ2v) is 10.5. The molecule has 0 spiro atoms. The average Bonchev–Trinajstić information content (AvgIpc) is 3.45. The summed E-state index contributed by atoms with van der Waals surface area (Å²) >= 11 is 0. The first-order valence-electron chi connectivity index (χ1n) is 14.6. The van der Waals surface area contributed by atoms with Gasteiger partial charge in [-0.15, -0.1) is 0 Å². The largest absolute Gasteiger partial charge is 0.494 e. The topological polar surface area (TPSA) is 129 Å². The molecule has 234 valence electrons. The van der Waals surface area contributed by atoms with Crippen molar-refractivity contribution in [1.29, 1.82) is 0 Å². The number of amides is 1. The Labute approximate surface area is 264 Å². The van der Waals surface area contributed by atoms with Crippen molar-refractivity contribution in [2.45, 2.75) is 31.0 Å². The van der Waals surface area contributed by atoms with Crippen molar-refractivity contribution >= 4 is 23.6 Å². The van der Waals surface area contributed by atoms with E-state index in [1.807, 2.05) is 42.5 Å². The molecule has 1 amide bonds. The molecular weight excluding hydrogens is 592 g/mol. The van der Waals surface area contributed by atoms with E-state index in [1.54, 1.807) is 48.5 Å². The minimum absolute atomic E-state index is 0.0124. The first kappa shape index (κ1) is 31.9. The fraction of sp³-hybridized carbons (Fsp3) is 0.200.